The number of rotatable bonds is 2. The average molecular weight is 134 g/mol. The molecule has 1 aromatic rings. The summed E-state index contributed by atoms with van der Waals surface area (Å²) in [5.74, 6) is 0.991. The van der Waals surface area contributed by atoms with E-state index >= 15 is 0 Å². The van der Waals surface area contributed by atoms with Gasteiger partial charge in [-0.15, -0.1) is 0 Å². The summed E-state index contributed by atoms with van der Waals surface area (Å²) in [5.41, 5.74) is 1.27. The first-order valence-electron chi connectivity index (χ1n) is 3.50. The van der Waals surface area contributed by atoms with Crippen LogP contribution in [0.25, 0.3) is 0 Å². The predicted molar refractivity (Wildman–Crippen MR) is 45.6 cm³/mol. The van der Waals surface area contributed by atoms with E-state index in [1.807, 2.05) is 18.2 Å². The van der Waals surface area contributed by atoms with Crippen molar-refractivity contribution in [2.24, 2.45) is 0 Å². The van der Waals surface area contributed by atoms with Crippen molar-refractivity contribution >= 4 is 12.7 Å². The van der Waals surface area contributed by atoms with Crippen molar-refractivity contribution in [3.8, 4) is 5.75 Å². The minimum atomic E-state index is 0.991. The summed E-state index contributed by atoms with van der Waals surface area (Å²) in [6, 6.07) is 8.08. The normalized spacial score (nSPS) is 9.00. The summed E-state index contributed by atoms with van der Waals surface area (Å²) in [6.07, 6.45) is 0. The maximum atomic E-state index is 5.14. The van der Waals surface area contributed by atoms with Crippen LogP contribution in [0, 0.1) is 0 Å². The Hall–Kier alpha value is -0.915. The maximum absolute atomic E-state index is 5.14. The van der Waals surface area contributed by atoms with Gasteiger partial charge in [-0.3, -0.25) is 0 Å². The zero-order chi connectivity index (χ0) is 7.40. The smallest absolute Gasteiger partial charge is 0.159 e. The third kappa shape index (κ3) is 1.32. The molecule has 0 saturated heterocycles. The van der Waals surface area contributed by atoms with Gasteiger partial charge in [-0.1, -0.05) is 25.0 Å². The molecule has 0 aliphatic heterocycles. The van der Waals surface area contributed by atoms with Crippen molar-refractivity contribution in [1.82, 2.24) is 0 Å². The highest BCUT2D eigenvalue weighted by molar-refractivity contribution is 6.53. The van der Waals surface area contributed by atoms with E-state index in [1.165, 1.54) is 5.46 Å². The van der Waals surface area contributed by atoms with Crippen molar-refractivity contribution in [2.45, 2.75) is 6.82 Å². The van der Waals surface area contributed by atoms with Gasteiger partial charge in [0, 0.05) is 0 Å². The molecule has 0 unspecified atom stereocenters. The summed E-state index contributed by atoms with van der Waals surface area (Å²) in [5, 5.41) is 0. The van der Waals surface area contributed by atoms with Gasteiger partial charge in [0.05, 0.1) is 7.11 Å². The highest BCUT2D eigenvalue weighted by atomic mass is 16.5. The summed E-state index contributed by atoms with van der Waals surface area (Å²) in [4.78, 5) is 0. The molecular weight excluding hydrogens is 123 g/mol. The molecule has 0 atom stereocenters. The first-order chi connectivity index (χ1) is 4.88. The molecular formula is C8H11BO. The summed E-state index contributed by atoms with van der Waals surface area (Å²) >= 11 is 0. The molecule has 0 amide bonds. The summed E-state index contributed by atoms with van der Waals surface area (Å²) < 4.78 is 5.14. The molecule has 0 bridgehead atoms. The van der Waals surface area contributed by atoms with Crippen molar-refractivity contribution < 1.29 is 4.74 Å². The Morgan fingerprint density at radius 3 is 2.50 bits per heavy atom. The largest absolute Gasteiger partial charge is 0.497 e. The molecule has 0 aliphatic carbocycles. The average Bonchev–Trinajstić information content (AvgIpc) is 2.04. The van der Waals surface area contributed by atoms with Gasteiger partial charge in [0.1, 0.15) is 5.75 Å². The Morgan fingerprint density at radius 1 is 1.30 bits per heavy atom. The lowest BCUT2D eigenvalue weighted by Gasteiger charge is -2.03. The highest BCUT2D eigenvalue weighted by Crippen LogP contribution is 2.03. The van der Waals surface area contributed by atoms with E-state index < -0.39 is 0 Å². The van der Waals surface area contributed by atoms with Crippen LogP contribution in [-0.2, 0) is 0 Å². The number of hydrogen-bond donors (Lipinski definition) is 0. The molecule has 2 heteroatoms. The highest BCUT2D eigenvalue weighted by Gasteiger charge is 1.96. The second-order valence-corrected chi connectivity index (χ2v) is 2.17. The van der Waals surface area contributed by atoms with Crippen LogP contribution < -0.4 is 10.2 Å². The zero-order valence-electron chi connectivity index (χ0n) is 6.42. The Kier molecular flexibility index (Phi) is 2.38. The SMILES string of the molecule is CBc1ccccc1OC. The minimum Gasteiger partial charge on any atom is -0.497 e. The van der Waals surface area contributed by atoms with E-state index in [0.29, 0.717) is 0 Å². The Bertz CT molecular complexity index is 187. The van der Waals surface area contributed by atoms with Crippen LogP contribution in [-0.4, -0.2) is 14.4 Å². The van der Waals surface area contributed by atoms with Crippen LogP contribution in [0.5, 0.6) is 5.75 Å². The summed E-state index contributed by atoms with van der Waals surface area (Å²) in [6.45, 7) is 2.12. The lowest BCUT2D eigenvalue weighted by atomic mass is 9.73. The summed E-state index contributed by atoms with van der Waals surface area (Å²) in [7, 11) is 2.73. The van der Waals surface area contributed by atoms with Crippen molar-refractivity contribution in [2.75, 3.05) is 7.11 Å². The second kappa shape index (κ2) is 3.30. The third-order valence-corrected chi connectivity index (χ3v) is 1.57. The van der Waals surface area contributed by atoms with Gasteiger partial charge >= 0.3 is 0 Å². The minimum absolute atomic E-state index is 0.991. The van der Waals surface area contributed by atoms with E-state index in [-0.39, 0.29) is 0 Å². The van der Waals surface area contributed by atoms with Crippen molar-refractivity contribution in [3.63, 3.8) is 0 Å². The number of benzene rings is 1. The van der Waals surface area contributed by atoms with Crippen LogP contribution in [0.4, 0.5) is 0 Å². The molecule has 0 N–H and O–H groups in total. The van der Waals surface area contributed by atoms with Crippen LogP contribution in [0.15, 0.2) is 24.3 Å². The number of para-hydroxylation sites is 1. The fraction of sp³-hybridized carbons (Fsp3) is 0.250. The molecule has 0 fully saturated rings. The van der Waals surface area contributed by atoms with Crippen LogP contribution in [0.1, 0.15) is 0 Å². The molecule has 10 heavy (non-hydrogen) atoms. The van der Waals surface area contributed by atoms with Crippen molar-refractivity contribution in [3.05, 3.63) is 24.3 Å². The van der Waals surface area contributed by atoms with E-state index in [2.05, 4.69) is 12.9 Å². The fourth-order valence-electron chi connectivity index (χ4n) is 0.995. The molecule has 1 rings (SSSR count). The molecule has 0 radical (unpaired) electrons. The lowest BCUT2D eigenvalue weighted by molar-refractivity contribution is 0.418. The van der Waals surface area contributed by atoms with Gasteiger partial charge in [0.25, 0.3) is 0 Å². The van der Waals surface area contributed by atoms with Gasteiger partial charge in [-0.05, 0) is 11.5 Å². The second-order valence-electron chi connectivity index (χ2n) is 2.17. The van der Waals surface area contributed by atoms with Crippen molar-refractivity contribution in [1.29, 1.82) is 0 Å². The number of hydrogen-bond acceptors (Lipinski definition) is 1. The maximum Gasteiger partial charge on any atom is 0.159 e. The number of ether oxygens (including phenoxy) is 1. The fourth-order valence-corrected chi connectivity index (χ4v) is 0.995. The predicted octanol–water partition coefficient (Wildman–Crippen LogP) is 0.805. The molecule has 0 heterocycles. The Labute approximate surface area is 62.3 Å². The van der Waals surface area contributed by atoms with Crippen LogP contribution in [0.3, 0.4) is 0 Å². The van der Waals surface area contributed by atoms with Gasteiger partial charge in [0.15, 0.2) is 7.28 Å². The van der Waals surface area contributed by atoms with Gasteiger partial charge in [0.2, 0.25) is 0 Å². The van der Waals surface area contributed by atoms with Gasteiger partial charge in [-0.2, -0.15) is 0 Å². The molecule has 52 valence electrons. The van der Waals surface area contributed by atoms with E-state index in [9.17, 15) is 0 Å². The first kappa shape index (κ1) is 7.20. The molecule has 1 nitrogen and oxygen atoms in total. The molecule has 0 aliphatic rings. The lowest BCUT2D eigenvalue weighted by Crippen LogP contribution is -2.12. The van der Waals surface area contributed by atoms with Crippen LogP contribution >= 0.6 is 0 Å². The number of methoxy groups -OCH3 is 1. The van der Waals surface area contributed by atoms with E-state index in [1.54, 1.807) is 7.11 Å². The monoisotopic (exact) mass is 134 g/mol. The van der Waals surface area contributed by atoms with Crippen LogP contribution in [0.2, 0.25) is 6.82 Å². The standard InChI is InChI=1S/C8H11BO/c1-9-7-5-3-4-6-8(7)10-2/h3-6,9H,1-2H3. The Balaban J connectivity index is 2.96. The first-order valence-corrected chi connectivity index (χ1v) is 3.50. The Morgan fingerprint density at radius 2 is 2.00 bits per heavy atom. The van der Waals surface area contributed by atoms with E-state index in [0.717, 1.165) is 13.0 Å². The molecule has 0 spiro atoms. The van der Waals surface area contributed by atoms with Gasteiger partial charge in [-0.25, -0.2) is 0 Å². The topological polar surface area (TPSA) is 9.23 Å². The molecule has 0 saturated carbocycles. The molecule has 1 aromatic carbocycles. The molecule has 0 aromatic heterocycles. The quantitative estimate of drug-likeness (QED) is 0.543. The zero-order valence-corrected chi connectivity index (χ0v) is 6.42. The third-order valence-electron chi connectivity index (χ3n) is 1.57. The van der Waals surface area contributed by atoms with Gasteiger partial charge < -0.3 is 4.74 Å². The van der Waals surface area contributed by atoms with E-state index in [4.69, 9.17) is 4.74 Å².